The fourth-order valence-corrected chi connectivity index (χ4v) is 3.93. The van der Waals surface area contributed by atoms with Crippen LogP contribution in [0, 0.1) is 12.8 Å². The first-order chi connectivity index (χ1) is 12.6. The number of hydrogen-bond donors (Lipinski definition) is 0. The predicted octanol–water partition coefficient (Wildman–Crippen LogP) is 3.16. The van der Waals surface area contributed by atoms with Crippen molar-refractivity contribution in [2.75, 3.05) is 12.0 Å². The SMILES string of the molecule is COC(=O)[C@H]1C(=O)N2c3ccccc3CO[C@@H]2C[C@@H]1c1ccc(C)cc1. The highest BCUT2D eigenvalue weighted by molar-refractivity contribution is 6.08. The predicted molar refractivity (Wildman–Crippen MR) is 96.5 cm³/mol. The van der Waals surface area contributed by atoms with Gasteiger partial charge in [-0.05, 0) is 18.6 Å². The third kappa shape index (κ3) is 2.69. The van der Waals surface area contributed by atoms with Crippen molar-refractivity contribution in [3.05, 3.63) is 65.2 Å². The number of methoxy groups -OCH3 is 1. The van der Waals surface area contributed by atoms with E-state index in [9.17, 15) is 9.59 Å². The largest absolute Gasteiger partial charge is 0.468 e. The van der Waals surface area contributed by atoms with Gasteiger partial charge in [-0.1, -0.05) is 48.0 Å². The van der Waals surface area contributed by atoms with Gasteiger partial charge in [0.1, 0.15) is 12.1 Å². The van der Waals surface area contributed by atoms with Crippen molar-refractivity contribution in [3.8, 4) is 0 Å². The number of piperidine rings is 1. The molecule has 0 bridgehead atoms. The Hall–Kier alpha value is -2.66. The number of hydrogen-bond acceptors (Lipinski definition) is 4. The van der Waals surface area contributed by atoms with Crippen LogP contribution in [0.2, 0.25) is 0 Å². The van der Waals surface area contributed by atoms with Crippen LogP contribution in [0.4, 0.5) is 5.69 Å². The Bertz CT molecular complexity index is 845. The molecule has 134 valence electrons. The van der Waals surface area contributed by atoms with Crippen LogP contribution in [-0.2, 0) is 25.7 Å². The highest BCUT2D eigenvalue weighted by Crippen LogP contribution is 2.43. The lowest BCUT2D eigenvalue weighted by Gasteiger charge is -2.45. The topological polar surface area (TPSA) is 55.8 Å². The molecule has 5 nitrogen and oxygen atoms in total. The molecular formula is C21H21NO4. The van der Waals surface area contributed by atoms with Gasteiger partial charge in [0.15, 0.2) is 0 Å². The molecule has 3 atom stereocenters. The average molecular weight is 351 g/mol. The van der Waals surface area contributed by atoms with Crippen LogP contribution in [0.1, 0.15) is 29.0 Å². The quantitative estimate of drug-likeness (QED) is 0.616. The van der Waals surface area contributed by atoms with Gasteiger partial charge in [-0.2, -0.15) is 0 Å². The zero-order chi connectivity index (χ0) is 18.3. The third-order valence-corrected chi connectivity index (χ3v) is 5.29. The number of ether oxygens (including phenoxy) is 2. The summed E-state index contributed by atoms with van der Waals surface area (Å²) in [6, 6.07) is 15.6. The summed E-state index contributed by atoms with van der Waals surface area (Å²) >= 11 is 0. The molecule has 1 fully saturated rings. The fourth-order valence-electron chi connectivity index (χ4n) is 3.93. The lowest BCUT2D eigenvalue weighted by molar-refractivity contribution is -0.154. The van der Waals surface area contributed by atoms with Gasteiger partial charge < -0.3 is 9.47 Å². The first-order valence-corrected chi connectivity index (χ1v) is 8.77. The van der Waals surface area contributed by atoms with E-state index in [1.807, 2.05) is 55.5 Å². The Balaban J connectivity index is 1.76. The van der Waals surface area contributed by atoms with Crippen molar-refractivity contribution in [2.24, 2.45) is 5.92 Å². The minimum Gasteiger partial charge on any atom is -0.468 e. The van der Waals surface area contributed by atoms with Crippen LogP contribution in [0.5, 0.6) is 0 Å². The number of nitrogens with zero attached hydrogens (tertiary/aromatic N) is 1. The molecule has 2 aromatic carbocycles. The second kappa shape index (κ2) is 6.57. The van der Waals surface area contributed by atoms with Crippen LogP contribution >= 0.6 is 0 Å². The van der Waals surface area contributed by atoms with Gasteiger partial charge in [0, 0.05) is 17.9 Å². The van der Waals surface area contributed by atoms with E-state index in [2.05, 4.69) is 0 Å². The van der Waals surface area contributed by atoms with Crippen LogP contribution in [0.15, 0.2) is 48.5 Å². The van der Waals surface area contributed by atoms with Gasteiger partial charge in [-0.3, -0.25) is 14.5 Å². The standard InChI is InChI=1S/C21H21NO4/c1-13-7-9-14(10-8-13)16-11-18-22(20(23)19(16)21(24)25-2)17-6-4-3-5-15(17)12-26-18/h3-10,16,18-19H,11-12H2,1-2H3/t16-,18-,19-/m1/s1. The third-order valence-electron chi connectivity index (χ3n) is 5.29. The number of carbonyl (C=O) groups excluding carboxylic acids is 2. The smallest absolute Gasteiger partial charge is 0.318 e. The molecule has 1 saturated heterocycles. The minimum absolute atomic E-state index is 0.258. The molecule has 0 aromatic heterocycles. The van der Waals surface area contributed by atoms with Crippen molar-refractivity contribution in [1.82, 2.24) is 0 Å². The van der Waals surface area contributed by atoms with Crippen LogP contribution in [0.3, 0.4) is 0 Å². The van der Waals surface area contributed by atoms with E-state index in [0.29, 0.717) is 13.0 Å². The van der Waals surface area contributed by atoms with Gasteiger partial charge in [-0.15, -0.1) is 0 Å². The summed E-state index contributed by atoms with van der Waals surface area (Å²) in [5.74, 6) is -1.89. The first-order valence-electron chi connectivity index (χ1n) is 8.77. The normalized spacial score (nSPS) is 24.6. The molecule has 0 N–H and O–H groups in total. The summed E-state index contributed by atoms with van der Waals surface area (Å²) in [7, 11) is 1.33. The molecule has 2 aliphatic rings. The first kappa shape index (κ1) is 16.8. The van der Waals surface area contributed by atoms with E-state index in [0.717, 1.165) is 22.4 Å². The van der Waals surface area contributed by atoms with Crippen molar-refractivity contribution < 1.29 is 19.1 Å². The molecule has 1 amide bonds. The van der Waals surface area contributed by atoms with Crippen LogP contribution < -0.4 is 4.90 Å². The molecule has 0 radical (unpaired) electrons. The molecule has 2 heterocycles. The maximum Gasteiger partial charge on any atom is 0.318 e. The zero-order valence-electron chi connectivity index (χ0n) is 14.8. The Labute approximate surface area is 152 Å². The highest BCUT2D eigenvalue weighted by atomic mass is 16.5. The number of anilines is 1. The number of amides is 1. The molecule has 0 unspecified atom stereocenters. The molecule has 2 aliphatic heterocycles. The Morgan fingerprint density at radius 3 is 2.62 bits per heavy atom. The van der Waals surface area contributed by atoms with Crippen molar-refractivity contribution in [2.45, 2.75) is 32.1 Å². The van der Waals surface area contributed by atoms with Crippen LogP contribution in [0.25, 0.3) is 0 Å². The number of para-hydroxylation sites is 1. The molecule has 26 heavy (non-hydrogen) atoms. The molecular weight excluding hydrogens is 330 g/mol. The summed E-state index contributed by atoms with van der Waals surface area (Å²) in [6.45, 7) is 2.48. The van der Waals surface area contributed by atoms with Gasteiger partial charge in [0.2, 0.25) is 5.91 Å². The lowest BCUT2D eigenvalue weighted by Crippen LogP contribution is -2.56. The summed E-state index contributed by atoms with van der Waals surface area (Å²) in [4.78, 5) is 27.5. The fraction of sp³-hybridized carbons (Fsp3) is 0.333. The van der Waals surface area contributed by atoms with Crippen molar-refractivity contribution in [1.29, 1.82) is 0 Å². The lowest BCUT2D eigenvalue weighted by atomic mass is 9.78. The summed E-state index contributed by atoms with van der Waals surface area (Å²) in [6.07, 6.45) is 0.188. The molecule has 2 aromatic rings. The van der Waals surface area contributed by atoms with Gasteiger partial charge in [0.25, 0.3) is 0 Å². The molecule has 0 saturated carbocycles. The van der Waals surface area contributed by atoms with E-state index in [1.165, 1.54) is 7.11 Å². The number of rotatable bonds is 2. The Morgan fingerprint density at radius 1 is 1.15 bits per heavy atom. The number of benzene rings is 2. The number of carbonyl (C=O) groups is 2. The molecule has 5 heteroatoms. The average Bonchev–Trinajstić information content (AvgIpc) is 2.67. The van der Waals surface area contributed by atoms with Gasteiger partial charge >= 0.3 is 5.97 Å². The second-order valence-corrected chi connectivity index (χ2v) is 6.86. The van der Waals surface area contributed by atoms with Crippen molar-refractivity contribution in [3.63, 3.8) is 0 Å². The van der Waals surface area contributed by atoms with Gasteiger partial charge in [0.05, 0.1) is 19.4 Å². The highest BCUT2D eigenvalue weighted by Gasteiger charge is 2.49. The molecule has 0 spiro atoms. The Kier molecular flexibility index (Phi) is 4.24. The van der Waals surface area contributed by atoms with E-state index in [1.54, 1.807) is 4.90 Å². The van der Waals surface area contributed by atoms with E-state index in [4.69, 9.17) is 9.47 Å². The maximum absolute atomic E-state index is 13.3. The number of aryl methyl sites for hydroxylation is 1. The van der Waals surface area contributed by atoms with E-state index >= 15 is 0 Å². The van der Waals surface area contributed by atoms with E-state index in [-0.39, 0.29) is 18.1 Å². The Morgan fingerprint density at radius 2 is 1.88 bits per heavy atom. The molecule has 0 aliphatic carbocycles. The zero-order valence-corrected chi connectivity index (χ0v) is 14.8. The van der Waals surface area contributed by atoms with Crippen LogP contribution in [-0.4, -0.2) is 25.2 Å². The number of esters is 1. The second-order valence-electron chi connectivity index (χ2n) is 6.86. The summed E-state index contributed by atoms with van der Waals surface area (Å²) in [5.41, 5.74) is 3.87. The maximum atomic E-state index is 13.3. The van der Waals surface area contributed by atoms with Gasteiger partial charge in [-0.25, -0.2) is 0 Å². The number of fused-ring (bicyclic) bond motifs is 3. The minimum atomic E-state index is -0.867. The summed E-state index contributed by atoms with van der Waals surface area (Å²) in [5, 5.41) is 0. The van der Waals surface area contributed by atoms with E-state index < -0.39 is 11.9 Å². The van der Waals surface area contributed by atoms with Crippen molar-refractivity contribution >= 4 is 17.6 Å². The molecule has 4 rings (SSSR count). The summed E-state index contributed by atoms with van der Waals surface area (Å²) < 4.78 is 10.9. The monoisotopic (exact) mass is 351 g/mol.